The Hall–Kier alpha value is -1.66. The van der Waals surface area contributed by atoms with Gasteiger partial charge in [-0.25, -0.2) is 4.74 Å². The molecule has 0 aliphatic heterocycles. The molecule has 13 heteroatoms. The zero-order chi connectivity index (χ0) is 16.2. The van der Waals surface area contributed by atoms with E-state index in [0.717, 1.165) is 0 Å². The van der Waals surface area contributed by atoms with Crippen molar-refractivity contribution in [3.8, 4) is 0 Å². The van der Waals surface area contributed by atoms with E-state index in [-0.39, 0.29) is 0 Å². The van der Waals surface area contributed by atoms with Gasteiger partial charge < -0.3 is 9.47 Å². The van der Waals surface area contributed by atoms with Crippen LogP contribution in [0.3, 0.4) is 0 Å². The predicted octanol–water partition coefficient (Wildman–Crippen LogP) is 4.25. The molecule has 0 N–H and O–H groups in total. The van der Waals surface area contributed by atoms with Crippen LogP contribution in [0.5, 0.6) is 0 Å². The summed E-state index contributed by atoms with van der Waals surface area (Å²) in [7, 11) is 0. The van der Waals surface area contributed by atoms with Crippen molar-refractivity contribution < 1.29 is 58.1 Å². The van der Waals surface area contributed by atoms with E-state index >= 15 is 0 Å². The molecule has 118 valence electrons. The number of hydrogen-bond acceptors (Lipinski definition) is 3. The van der Waals surface area contributed by atoms with Crippen LogP contribution in [0.25, 0.3) is 0 Å². The third kappa shape index (κ3) is 5.99. The van der Waals surface area contributed by atoms with Crippen molar-refractivity contribution >= 4 is 0 Å². The SMILES string of the molecule is FC(F)=COC(F)(OC=C(F)F)C(F)(F)OC(F)(F)F. The molecule has 0 saturated carbocycles. The molecular formula is C7H2F10O3. The van der Waals surface area contributed by atoms with Gasteiger partial charge in [0.25, 0.3) is 0 Å². The van der Waals surface area contributed by atoms with Crippen LogP contribution >= 0.6 is 0 Å². The van der Waals surface area contributed by atoms with E-state index in [1.807, 2.05) is 4.74 Å². The molecule has 0 radical (unpaired) electrons. The maximum Gasteiger partial charge on any atom is 0.527 e. The number of hydrogen-bond donors (Lipinski definition) is 0. The molecular weight excluding hydrogens is 322 g/mol. The van der Waals surface area contributed by atoms with Gasteiger partial charge in [0.15, 0.2) is 12.5 Å². The minimum Gasteiger partial charge on any atom is -0.422 e. The topological polar surface area (TPSA) is 27.7 Å². The molecule has 0 aliphatic carbocycles. The van der Waals surface area contributed by atoms with Gasteiger partial charge in [0.2, 0.25) is 0 Å². The zero-order valence-corrected chi connectivity index (χ0v) is 8.66. The number of ether oxygens (including phenoxy) is 3. The Balaban J connectivity index is 5.38. The zero-order valence-electron chi connectivity index (χ0n) is 8.66. The first kappa shape index (κ1) is 18.3. The monoisotopic (exact) mass is 324 g/mol. The number of rotatable bonds is 6. The molecule has 0 saturated heterocycles. The minimum absolute atomic E-state index is 1.09. The standard InChI is InChI=1S/C7H2F10O3/c8-3(9)1-18-6(14,19-2-4(10)11)5(12,13)20-7(15,16)17/h1-2H. The van der Waals surface area contributed by atoms with Crippen molar-refractivity contribution in [1.82, 2.24) is 0 Å². The van der Waals surface area contributed by atoms with Gasteiger partial charge in [0.05, 0.1) is 0 Å². The van der Waals surface area contributed by atoms with Gasteiger partial charge >= 0.3 is 30.7 Å². The van der Waals surface area contributed by atoms with Gasteiger partial charge in [-0.05, 0) is 0 Å². The third-order valence-electron chi connectivity index (χ3n) is 1.19. The van der Waals surface area contributed by atoms with Gasteiger partial charge in [-0.3, -0.25) is 0 Å². The van der Waals surface area contributed by atoms with Crippen LogP contribution < -0.4 is 0 Å². The van der Waals surface area contributed by atoms with Crippen LogP contribution in [0.4, 0.5) is 43.9 Å². The summed E-state index contributed by atoms with van der Waals surface area (Å²) in [5.41, 5.74) is 0. The summed E-state index contributed by atoms with van der Waals surface area (Å²) in [4.78, 5) is 0. The predicted molar refractivity (Wildman–Crippen MR) is 38.7 cm³/mol. The second-order valence-electron chi connectivity index (χ2n) is 2.65. The van der Waals surface area contributed by atoms with Crippen LogP contribution in [0.15, 0.2) is 24.7 Å². The summed E-state index contributed by atoms with van der Waals surface area (Å²) in [6.07, 6.45) is -20.3. The Morgan fingerprint density at radius 1 is 0.700 bits per heavy atom. The molecule has 0 heterocycles. The lowest BCUT2D eigenvalue weighted by molar-refractivity contribution is -0.513. The molecule has 0 aromatic carbocycles. The molecule has 0 unspecified atom stereocenters. The average Bonchev–Trinajstić information content (AvgIpc) is 2.19. The summed E-state index contributed by atoms with van der Waals surface area (Å²) in [5, 5.41) is 0. The Morgan fingerprint density at radius 2 is 1.05 bits per heavy atom. The van der Waals surface area contributed by atoms with Crippen molar-refractivity contribution in [3.05, 3.63) is 24.7 Å². The highest BCUT2D eigenvalue weighted by molar-refractivity contribution is 4.81. The van der Waals surface area contributed by atoms with Gasteiger partial charge in [0, 0.05) is 0 Å². The molecule has 0 amide bonds. The fraction of sp³-hybridized carbons (Fsp3) is 0.429. The van der Waals surface area contributed by atoms with E-state index in [9.17, 15) is 43.9 Å². The van der Waals surface area contributed by atoms with E-state index in [1.54, 1.807) is 0 Å². The van der Waals surface area contributed by atoms with Crippen molar-refractivity contribution in [2.24, 2.45) is 0 Å². The quantitative estimate of drug-likeness (QED) is 0.415. The van der Waals surface area contributed by atoms with Crippen molar-refractivity contribution in [3.63, 3.8) is 0 Å². The summed E-state index contributed by atoms with van der Waals surface area (Å²) < 4.78 is 127. The minimum atomic E-state index is -6.15. The third-order valence-corrected chi connectivity index (χ3v) is 1.19. The smallest absolute Gasteiger partial charge is 0.422 e. The number of alkyl halides is 6. The number of halogens is 10. The van der Waals surface area contributed by atoms with Crippen LogP contribution in [0.1, 0.15) is 0 Å². The maximum absolute atomic E-state index is 13.2. The van der Waals surface area contributed by atoms with E-state index in [0.29, 0.717) is 0 Å². The normalized spacial score (nSPS) is 12.7. The Morgan fingerprint density at radius 3 is 1.30 bits per heavy atom. The highest BCUT2D eigenvalue weighted by Gasteiger charge is 2.67. The van der Waals surface area contributed by atoms with Crippen LogP contribution in [0.2, 0.25) is 0 Å². The molecule has 0 fully saturated rings. The highest BCUT2D eigenvalue weighted by atomic mass is 19.4. The molecule has 0 aromatic rings. The summed E-state index contributed by atoms with van der Waals surface area (Å²) in [5.74, 6) is 0. The molecule has 0 bridgehead atoms. The molecule has 0 atom stereocenters. The van der Waals surface area contributed by atoms with Gasteiger partial charge in [0.1, 0.15) is 0 Å². The Bertz CT molecular complexity index is 359. The van der Waals surface area contributed by atoms with E-state index in [1.165, 1.54) is 0 Å². The van der Waals surface area contributed by atoms with Gasteiger partial charge in [-0.2, -0.15) is 26.3 Å². The molecule has 0 aliphatic rings. The van der Waals surface area contributed by atoms with Crippen LogP contribution in [-0.4, -0.2) is 18.5 Å². The second-order valence-corrected chi connectivity index (χ2v) is 2.65. The van der Waals surface area contributed by atoms with Crippen LogP contribution in [0, 0.1) is 0 Å². The van der Waals surface area contributed by atoms with Crippen molar-refractivity contribution in [2.75, 3.05) is 0 Å². The summed E-state index contributed by atoms with van der Waals surface area (Å²) in [6, 6.07) is -5.42. The second kappa shape index (κ2) is 6.19. The fourth-order valence-corrected chi connectivity index (χ4v) is 0.612. The fourth-order valence-electron chi connectivity index (χ4n) is 0.612. The Kier molecular flexibility index (Phi) is 5.68. The maximum atomic E-state index is 13.2. The van der Waals surface area contributed by atoms with Gasteiger partial charge in [-0.15, -0.1) is 17.6 Å². The first-order valence-electron chi connectivity index (χ1n) is 4.01. The first-order chi connectivity index (χ1) is 8.79. The lowest BCUT2D eigenvalue weighted by Gasteiger charge is -2.29. The molecule has 3 nitrogen and oxygen atoms in total. The van der Waals surface area contributed by atoms with Crippen molar-refractivity contribution in [1.29, 1.82) is 0 Å². The highest BCUT2D eigenvalue weighted by Crippen LogP contribution is 2.41. The average molecular weight is 324 g/mol. The van der Waals surface area contributed by atoms with Gasteiger partial charge in [-0.1, -0.05) is 0 Å². The molecule has 0 aromatic heterocycles. The lowest BCUT2D eigenvalue weighted by atomic mass is 10.5. The first-order valence-corrected chi connectivity index (χ1v) is 4.01. The van der Waals surface area contributed by atoms with E-state index in [4.69, 9.17) is 0 Å². The summed E-state index contributed by atoms with van der Waals surface area (Å²) >= 11 is 0. The largest absolute Gasteiger partial charge is 0.527 e. The lowest BCUT2D eigenvalue weighted by Crippen LogP contribution is -2.51. The van der Waals surface area contributed by atoms with Crippen LogP contribution in [-0.2, 0) is 14.2 Å². The van der Waals surface area contributed by atoms with E-state index in [2.05, 4.69) is 9.47 Å². The Labute approximate surface area is 103 Å². The van der Waals surface area contributed by atoms with E-state index < -0.39 is 43.2 Å². The molecule has 0 spiro atoms. The molecule has 20 heavy (non-hydrogen) atoms. The van der Waals surface area contributed by atoms with Crippen molar-refractivity contribution in [2.45, 2.75) is 18.5 Å². The summed E-state index contributed by atoms with van der Waals surface area (Å²) in [6.45, 7) is 0. The molecule has 0 rings (SSSR count).